The van der Waals surface area contributed by atoms with Gasteiger partial charge >= 0.3 is 5.97 Å². The number of thiazole rings is 1. The van der Waals surface area contributed by atoms with Crippen LogP contribution in [-0.4, -0.2) is 54.4 Å². The van der Waals surface area contributed by atoms with Crippen molar-refractivity contribution in [2.45, 2.75) is 33.7 Å². The van der Waals surface area contributed by atoms with Crippen molar-refractivity contribution in [3.63, 3.8) is 0 Å². The molecule has 1 heterocycles. The summed E-state index contributed by atoms with van der Waals surface area (Å²) in [4.78, 5) is 30.0. The van der Waals surface area contributed by atoms with Gasteiger partial charge in [0.15, 0.2) is 16.6 Å². The highest BCUT2D eigenvalue weighted by molar-refractivity contribution is 7.17. The molecule has 1 rings (SSSR count). The number of aromatic nitrogens is 1. The van der Waals surface area contributed by atoms with Crippen LogP contribution in [0.25, 0.3) is 0 Å². The summed E-state index contributed by atoms with van der Waals surface area (Å²) < 4.78 is 4.66. The van der Waals surface area contributed by atoms with Gasteiger partial charge in [-0.15, -0.1) is 0 Å². The lowest BCUT2D eigenvalue weighted by Crippen LogP contribution is -2.34. The Morgan fingerprint density at radius 2 is 2.00 bits per heavy atom. The number of ether oxygens (including phenoxy) is 1. The zero-order valence-electron chi connectivity index (χ0n) is 13.2. The Balaban J connectivity index is 2.84. The third-order valence-corrected chi connectivity index (χ3v) is 4.21. The average Bonchev–Trinajstić information content (AvgIpc) is 2.87. The lowest BCUT2D eigenvalue weighted by Gasteiger charge is -2.23. The second-order valence-electron chi connectivity index (χ2n) is 4.78. The highest BCUT2D eigenvalue weighted by atomic mass is 32.1. The number of anilines is 1. The summed E-state index contributed by atoms with van der Waals surface area (Å²) in [7, 11) is 1.28. The highest BCUT2D eigenvalue weighted by Gasteiger charge is 2.22. The second-order valence-corrected chi connectivity index (χ2v) is 5.77. The lowest BCUT2D eigenvalue weighted by molar-refractivity contribution is 0.0591. The largest absolute Gasteiger partial charge is 0.464 e. The Morgan fingerprint density at radius 1 is 1.38 bits per heavy atom. The Labute approximate surface area is 129 Å². The van der Waals surface area contributed by atoms with Crippen molar-refractivity contribution >= 4 is 28.2 Å². The number of methoxy groups -OCH3 is 1. The average molecular weight is 313 g/mol. The first kappa shape index (κ1) is 17.6. The predicted octanol–water partition coefficient (Wildman–Crippen LogP) is 2.27. The molecule has 1 N–H and O–H groups in total. The zero-order chi connectivity index (χ0) is 16.0. The smallest absolute Gasteiger partial charge is 0.358 e. The van der Waals surface area contributed by atoms with E-state index in [2.05, 4.69) is 33.8 Å². The van der Waals surface area contributed by atoms with Crippen LogP contribution < -0.4 is 5.32 Å². The molecule has 0 radical (unpaired) electrons. The van der Waals surface area contributed by atoms with Crippen LogP contribution >= 0.6 is 11.3 Å². The fourth-order valence-corrected chi connectivity index (χ4v) is 2.94. The molecule has 0 aliphatic rings. The first-order chi connectivity index (χ1) is 9.92. The zero-order valence-corrected chi connectivity index (χ0v) is 14.0. The Kier molecular flexibility index (Phi) is 6.77. The van der Waals surface area contributed by atoms with Gasteiger partial charge in [0.25, 0.3) is 0 Å². The van der Waals surface area contributed by atoms with Crippen LogP contribution in [0.3, 0.4) is 0 Å². The van der Waals surface area contributed by atoms with E-state index in [0.717, 1.165) is 19.6 Å². The number of rotatable bonds is 8. The van der Waals surface area contributed by atoms with Gasteiger partial charge in [0.05, 0.1) is 7.11 Å². The van der Waals surface area contributed by atoms with Crippen molar-refractivity contribution < 1.29 is 14.3 Å². The van der Waals surface area contributed by atoms with Crippen molar-refractivity contribution in [2.75, 3.05) is 32.1 Å². The summed E-state index contributed by atoms with van der Waals surface area (Å²) in [5, 5.41) is 3.81. The number of hydrogen-bond acceptors (Lipinski definition) is 7. The van der Waals surface area contributed by atoms with E-state index >= 15 is 0 Å². The topological polar surface area (TPSA) is 71.5 Å². The number of nitrogens with one attached hydrogen (secondary N) is 1. The van der Waals surface area contributed by atoms with Crippen LogP contribution in [0.15, 0.2) is 0 Å². The highest BCUT2D eigenvalue weighted by Crippen LogP contribution is 2.24. The van der Waals surface area contributed by atoms with Gasteiger partial charge < -0.3 is 15.0 Å². The van der Waals surface area contributed by atoms with Gasteiger partial charge in [-0.1, -0.05) is 25.2 Å². The summed E-state index contributed by atoms with van der Waals surface area (Å²) in [5.74, 6) is -0.766. The van der Waals surface area contributed by atoms with Gasteiger partial charge in [0.1, 0.15) is 4.88 Å². The molecule has 0 saturated heterocycles. The van der Waals surface area contributed by atoms with Crippen molar-refractivity contribution in [1.29, 1.82) is 0 Å². The summed E-state index contributed by atoms with van der Waals surface area (Å²) in [6.07, 6.45) is 0. The number of carbonyl (C=O) groups excluding carboxylic acids is 2. The third-order valence-electron chi connectivity index (χ3n) is 3.12. The van der Waals surface area contributed by atoms with Gasteiger partial charge in [-0.05, 0) is 20.0 Å². The van der Waals surface area contributed by atoms with Gasteiger partial charge in [-0.3, -0.25) is 4.79 Å². The summed E-state index contributed by atoms with van der Waals surface area (Å²) in [5.41, 5.74) is 0.0903. The Hall–Kier alpha value is -1.47. The van der Waals surface area contributed by atoms with E-state index in [-0.39, 0.29) is 17.5 Å². The van der Waals surface area contributed by atoms with Crippen molar-refractivity contribution in [3.8, 4) is 0 Å². The summed E-state index contributed by atoms with van der Waals surface area (Å²) in [6, 6.07) is 0.168. The van der Waals surface area contributed by atoms with E-state index in [1.54, 1.807) is 0 Å². The van der Waals surface area contributed by atoms with E-state index in [9.17, 15) is 9.59 Å². The predicted molar refractivity (Wildman–Crippen MR) is 84.3 cm³/mol. The SMILES string of the molecule is CCN(CC)CC(C)Nc1nc(C(=O)OC)c(C(C)=O)s1. The quantitative estimate of drug-likeness (QED) is 0.586. The summed E-state index contributed by atoms with van der Waals surface area (Å²) in [6.45, 7) is 10.5. The lowest BCUT2D eigenvalue weighted by atomic mass is 10.3. The minimum Gasteiger partial charge on any atom is -0.464 e. The number of Topliss-reactive ketones (excluding diaryl/α,β-unsaturated/α-hetero) is 1. The molecule has 0 spiro atoms. The van der Waals surface area contributed by atoms with Gasteiger partial charge in [-0.2, -0.15) is 0 Å². The van der Waals surface area contributed by atoms with Crippen LogP contribution in [0.2, 0.25) is 0 Å². The molecule has 1 aromatic rings. The summed E-state index contributed by atoms with van der Waals surface area (Å²) >= 11 is 1.19. The molecule has 6 nitrogen and oxygen atoms in total. The first-order valence-corrected chi connectivity index (χ1v) is 7.83. The van der Waals surface area contributed by atoms with E-state index in [4.69, 9.17) is 0 Å². The second kappa shape index (κ2) is 8.09. The third kappa shape index (κ3) is 4.78. The van der Waals surface area contributed by atoms with Gasteiger partial charge in [0.2, 0.25) is 0 Å². The Bertz CT molecular complexity index is 498. The molecule has 118 valence electrons. The molecular formula is C14H23N3O3S. The van der Waals surface area contributed by atoms with E-state index in [1.165, 1.54) is 25.4 Å². The van der Waals surface area contributed by atoms with Crippen LogP contribution in [-0.2, 0) is 4.74 Å². The molecule has 0 amide bonds. The number of nitrogens with zero attached hydrogens (tertiary/aromatic N) is 2. The fraction of sp³-hybridized carbons (Fsp3) is 0.643. The molecule has 0 aliphatic heterocycles. The maximum absolute atomic E-state index is 11.6. The molecular weight excluding hydrogens is 290 g/mol. The maximum Gasteiger partial charge on any atom is 0.358 e. The first-order valence-electron chi connectivity index (χ1n) is 7.01. The van der Waals surface area contributed by atoms with E-state index in [0.29, 0.717) is 10.0 Å². The van der Waals surface area contributed by atoms with Crippen molar-refractivity contribution in [1.82, 2.24) is 9.88 Å². The monoisotopic (exact) mass is 313 g/mol. The Morgan fingerprint density at radius 3 is 2.48 bits per heavy atom. The molecule has 0 aliphatic carbocycles. The number of ketones is 1. The molecule has 0 bridgehead atoms. The molecule has 1 aromatic heterocycles. The maximum atomic E-state index is 11.6. The van der Waals surface area contributed by atoms with E-state index < -0.39 is 5.97 Å². The normalized spacial score (nSPS) is 12.3. The minimum atomic E-state index is -0.583. The molecule has 1 unspecified atom stereocenters. The fourth-order valence-electron chi connectivity index (χ4n) is 1.98. The number of esters is 1. The van der Waals surface area contributed by atoms with Crippen LogP contribution in [0, 0.1) is 0 Å². The molecule has 21 heavy (non-hydrogen) atoms. The standard InChI is InChI=1S/C14H23N3O3S/c1-6-17(7-2)8-9(3)15-14-16-11(13(19)20-5)12(21-14)10(4)18/h9H,6-8H2,1-5H3,(H,15,16). The van der Waals surface area contributed by atoms with Gasteiger partial charge in [-0.25, -0.2) is 9.78 Å². The number of hydrogen-bond donors (Lipinski definition) is 1. The van der Waals surface area contributed by atoms with E-state index in [1.807, 2.05) is 6.92 Å². The minimum absolute atomic E-state index is 0.0903. The molecule has 1 atom stereocenters. The van der Waals surface area contributed by atoms with Crippen molar-refractivity contribution in [3.05, 3.63) is 10.6 Å². The molecule has 0 saturated carbocycles. The van der Waals surface area contributed by atoms with Crippen LogP contribution in [0.4, 0.5) is 5.13 Å². The number of likely N-dealkylation sites (N-methyl/N-ethyl adjacent to an activating group) is 1. The number of carbonyl (C=O) groups is 2. The molecule has 7 heteroatoms. The van der Waals surface area contributed by atoms with Crippen LogP contribution in [0.5, 0.6) is 0 Å². The van der Waals surface area contributed by atoms with Gasteiger partial charge in [0, 0.05) is 19.5 Å². The van der Waals surface area contributed by atoms with Crippen molar-refractivity contribution in [2.24, 2.45) is 0 Å². The van der Waals surface area contributed by atoms with Crippen LogP contribution in [0.1, 0.15) is 47.9 Å². The molecule has 0 fully saturated rings. The molecule has 0 aromatic carbocycles.